The van der Waals surface area contributed by atoms with Crippen molar-refractivity contribution in [3.8, 4) is 11.5 Å². The Morgan fingerprint density at radius 2 is 1.88 bits per heavy atom. The highest BCUT2D eigenvalue weighted by molar-refractivity contribution is 5.85. The van der Waals surface area contributed by atoms with Crippen LogP contribution in [0.2, 0.25) is 0 Å². The van der Waals surface area contributed by atoms with Gasteiger partial charge in [0.05, 0.1) is 20.3 Å². The normalized spacial score (nSPS) is 15.7. The summed E-state index contributed by atoms with van der Waals surface area (Å²) in [6.45, 7) is 2.95. The molecule has 3 amide bonds. The van der Waals surface area contributed by atoms with E-state index in [1.165, 1.54) is 0 Å². The number of benzene rings is 1. The third kappa shape index (κ3) is 5.16. The van der Waals surface area contributed by atoms with Gasteiger partial charge in [0, 0.05) is 24.6 Å². The number of nitrogens with one attached hydrogen (secondary N) is 1. The maximum atomic E-state index is 12.4. The number of piperidine rings is 1. The van der Waals surface area contributed by atoms with Crippen LogP contribution in [-0.2, 0) is 4.79 Å². The van der Waals surface area contributed by atoms with E-state index in [0.29, 0.717) is 37.4 Å². The van der Waals surface area contributed by atoms with Crippen molar-refractivity contribution in [2.45, 2.75) is 25.8 Å². The molecule has 1 aromatic carbocycles. The number of hydrogen-bond acceptors (Lipinski definition) is 4. The fourth-order valence-corrected chi connectivity index (χ4v) is 2.90. The molecule has 3 N–H and O–H groups in total. The van der Waals surface area contributed by atoms with Crippen LogP contribution in [0.3, 0.4) is 0 Å². The van der Waals surface area contributed by atoms with Crippen LogP contribution < -0.4 is 20.5 Å². The number of urea groups is 1. The van der Waals surface area contributed by atoms with Crippen LogP contribution in [0.5, 0.6) is 11.5 Å². The van der Waals surface area contributed by atoms with Crippen LogP contribution in [0, 0.1) is 5.92 Å². The minimum absolute atomic E-state index is 0. The van der Waals surface area contributed by atoms with Gasteiger partial charge in [0.1, 0.15) is 11.5 Å². The molecule has 0 saturated carbocycles. The number of rotatable bonds is 5. The Morgan fingerprint density at radius 1 is 1.24 bits per heavy atom. The molecule has 0 aliphatic carbocycles. The fraction of sp³-hybridized carbons (Fsp3) is 0.529. The lowest BCUT2D eigenvalue weighted by Crippen LogP contribution is -2.46. The molecule has 1 unspecified atom stereocenters. The van der Waals surface area contributed by atoms with Crippen molar-refractivity contribution in [2.24, 2.45) is 11.7 Å². The van der Waals surface area contributed by atoms with E-state index in [0.717, 1.165) is 5.56 Å². The first-order chi connectivity index (χ1) is 11.5. The molecular weight excluding hydrogens is 346 g/mol. The average Bonchev–Trinajstić information content (AvgIpc) is 2.60. The largest absolute Gasteiger partial charge is 0.497 e. The second-order valence-corrected chi connectivity index (χ2v) is 5.94. The zero-order valence-electron chi connectivity index (χ0n) is 14.8. The number of amides is 3. The second kappa shape index (κ2) is 9.36. The van der Waals surface area contributed by atoms with E-state index in [1.54, 1.807) is 19.1 Å². The molecule has 1 atom stereocenters. The Hall–Kier alpha value is -2.15. The van der Waals surface area contributed by atoms with Gasteiger partial charge >= 0.3 is 6.03 Å². The van der Waals surface area contributed by atoms with Gasteiger partial charge in [-0.15, -0.1) is 12.4 Å². The Labute approximate surface area is 154 Å². The molecule has 25 heavy (non-hydrogen) atoms. The zero-order valence-corrected chi connectivity index (χ0v) is 15.6. The maximum absolute atomic E-state index is 12.4. The summed E-state index contributed by atoms with van der Waals surface area (Å²) in [6, 6.07) is 5.08. The van der Waals surface area contributed by atoms with Crippen LogP contribution in [0.15, 0.2) is 18.2 Å². The molecule has 8 heteroatoms. The summed E-state index contributed by atoms with van der Waals surface area (Å²) >= 11 is 0. The van der Waals surface area contributed by atoms with E-state index in [1.807, 2.05) is 25.1 Å². The number of ether oxygens (including phenoxy) is 2. The molecule has 0 aromatic heterocycles. The van der Waals surface area contributed by atoms with Gasteiger partial charge in [-0.1, -0.05) is 0 Å². The quantitative estimate of drug-likeness (QED) is 0.828. The van der Waals surface area contributed by atoms with Gasteiger partial charge in [-0.2, -0.15) is 0 Å². The number of carbonyl (C=O) groups excluding carboxylic acids is 2. The fourth-order valence-electron chi connectivity index (χ4n) is 2.90. The van der Waals surface area contributed by atoms with Crippen LogP contribution in [0.4, 0.5) is 4.79 Å². The monoisotopic (exact) mass is 371 g/mol. The minimum Gasteiger partial charge on any atom is -0.497 e. The van der Waals surface area contributed by atoms with Crippen molar-refractivity contribution in [2.75, 3.05) is 27.3 Å². The highest BCUT2D eigenvalue weighted by Crippen LogP contribution is 2.29. The van der Waals surface area contributed by atoms with Gasteiger partial charge in [-0.3, -0.25) is 4.79 Å². The standard InChI is InChI=1S/C17H25N3O4.ClH/c1-11(14-10-13(23-2)4-5-15(14)24-3)19-17(22)20-8-6-12(7-9-20)16(18)21;/h4-5,10-12H,6-9H2,1-3H3,(H2,18,21)(H,19,22);1H. The molecule has 0 radical (unpaired) electrons. The van der Waals surface area contributed by atoms with Gasteiger partial charge in [0.15, 0.2) is 0 Å². The topological polar surface area (TPSA) is 93.9 Å². The molecule has 0 spiro atoms. The summed E-state index contributed by atoms with van der Waals surface area (Å²) in [6.07, 6.45) is 1.22. The number of halogens is 1. The van der Waals surface area contributed by atoms with Gasteiger partial charge in [0.25, 0.3) is 0 Å². The van der Waals surface area contributed by atoms with Crippen molar-refractivity contribution in [3.05, 3.63) is 23.8 Å². The third-order valence-corrected chi connectivity index (χ3v) is 4.43. The molecule has 1 aromatic rings. The van der Waals surface area contributed by atoms with E-state index in [4.69, 9.17) is 15.2 Å². The van der Waals surface area contributed by atoms with Gasteiger partial charge in [-0.05, 0) is 38.0 Å². The van der Waals surface area contributed by atoms with Gasteiger partial charge < -0.3 is 25.4 Å². The van der Waals surface area contributed by atoms with Crippen LogP contribution in [0.25, 0.3) is 0 Å². The predicted molar refractivity (Wildman–Crippen MR) is 97.2 cm³/mol. The number of nitrogens with two attached hydrogens (primary N) is 1. The first-order valence-corrected chi connectivity index (χ1v) is 8.03. The molecule has 1 saturated heterocycles. The summed E-state index contributed by atoms with van der Waals surface area (Å²) in [7, 11) is 3.19. The van der Waals surface area contributed by atoms with E-state index in [-0.39, 0.29) is 36.3 Å². The molecule has 0 bridgehead atoms. The zero-order chi connectivity index (χ0) is 17.7. The van der Waals surface area contributed by atoms with Crippen molar-refractivity contribution in [1.29, 1.82) is 0 Å². The van der Waals surface area contributed by atoms with E-state index in [9.17, 15) is 9.59 Å². The average molecular weight is 372 g/mol. The maximum Gasteiger partial charge on any atom is 0.317 e. The number of methoxy groups -OCH3 is 2. The number of primary amides is 1. The van der Waals surface area contributed by atoms with Crippen LogP contribution in [-0.4, -0.2) is 44.1 Å². The first kappa shape index (κ1) is 20.9. The number of likely N-dealkylation sites (tertiary alicyclic amines) is 1. The van der Waals surface area contributed by atoms with E-state index < -0.39 is 0 Å². The SMILES string of the molecule is COc1ccc(OC)c(C(C)NC(=O)N2CCC(C(N)=O)CC2)c1.Cl. The van der Waals surface area contributed by atoms with Crippen LogP contribution in [0.1, 0.15) is 31.4 Å². The second-order valence-electron chi connectivity index (χ2n) is 5.94. The smallest absolute Gasteiger partial charge is 0.317 e. The molecule has 7 nitrogen and oxygen atoms in total. The molecule has 1 aliphatic rings. The van der Waals surface area contributed by atoms with Crippen molar-refractivity contribution in [1.82, 2.24) is 10.2 Å². The minimum atomic E-state index is -0.287. The number of hydrogen-bond donors (Lipinski definition) is 2. The summed E-state index contributed by atoms with van der Waals surface area (Å²) in [5.41, 5.74) is 6.17. The first-order valence-electron chi connectivity index (χ1n) is 8.03. The lowest BCUT2D eigenvalue weighted by atomic mass is 9.96. The Balaban J connectivity index is 0.00000312. The van der Waals surface area contributed by atoms with Gasteiger partial charge in [0.2, 0.25) is 5.91 Å². The highest BCUT2D eigenvalue weighted by atomic mass is 35.5. The van der Waals surface area contributed by atoms with E-state index in [2.05, 4.69) is 5.32 Å². The van der Waals surface area contributed by atoms with E-state index >= 15 is 0 Å². The summed E-state index contributed by atoms with van der Waals surface area (Å²) < 4.78 is 10.6. The molecule has 1 fully saturated rings. The van der Waals surface area contributed by atoms with Crippen molar-refractivity contribution >= 4 is 24.3 Å². The molecule has 1 heterocycles. The van der Waals surface area contributed by atoms with Crippen molar-refractivity contribution < 1.29 is 19.1 Å². The Morgan fingerprint density at radius 3 is 2.40 bits per heavy atom. The lowest BCUT2D eigenvalue weighted by Gasteiger charge is -2.31. The van der Waals surface area contributed by atoms with Crippen LogP contribution >= 0.6 is 12.4 Å². The number of carbonyl (C=O) groups is 2. The summed E-state index contributed by atoms with van der Waals surface area (Å²) in [4.78, 5) is 25.4. The highest BCUT2D eigenvalue weighted by Gasteiger charge is 2.27. The Kier molecular flexibility index (Phi) is 7.83. The summed E-state index contributed by atoms with van der Waals surface area (Å²) in [5, 5.41) is 2.97. The molecular formula is C17H26ClN3O4. The Bertz CT molecular complexity index is 604. The molecule has 1 aliphatic heterocycles. The van der Waals surface area contributed by atoms with Gasteiger partial charge in [-0.25, -0.2) is 4.79 Å². The third-order valence-electron chi connectivity index (χ3n) is 4.43. The molecule has 140 valence electrons. The number of nitrogens with zero attached hydrogens (tertiary/aromatic N) is 1. The summed E-state index contributed by atoms with van der Waals surface area (Å²) in [5.74, 6) is 0.972. The lowest BCUT2D eigenvalue weighted by molar-refractivity contribution is -0.123. The van der Waals surface area contributed by atoms with Crippen molar-refractivity contribution in [3.63, 3.8) is 0 Å². The molecule has 2 rings (SSSR count). The predicted octanol–water partition coefficient (Wildman–Crippen LogP) is 2.09.